The third kappa shape index (κ3) is 7.58. The number of carbonyl (C=O) groups excluding carboxylic acids is 1. The molecule has 1 rings (SSSR count). The van der Waals surface area contributed by atoms with Crippen molar-refractivity contribution in [3.63, 3.8) is 0 Å². The fraction of sp³-hybridized carbons (Fsp3) is 0.632. The topological polar surface area (TPSA) is 164 Å². The van der Waals surface area contributed by atoms with Crippen molar-refractivity contribution in [2.24, 2.45) is 17.6 Å². The molecule has 0 aliphatic rings. The number of Topliss-reactive ketones (excluding diaryl/α,β-unsaturated/α-hetero) is 1. The number of carbonyl (C=O) groups is 1. The second-order valence-electron chi connectivity index (χ2n) is 8.34. The Morgan fingerprint density at radius 1 is 1.10 bits per heavy atom. The summed E-state index contributed by atoms with van der Waals surface area (Å²) >= 11 is 0. The molecule has 0 aromatic heterocycles. The zero-order valence-corrected chi connectivity index (χ0v) is 22.5. The van der Waals surface area contributed by atoms with Crippen LogP contribution in [0.15, 0.2) is 29.2 Å². The summed E-state index contributed by atoms with van der Waals surface area (Å²) in [6.07, 6.45) is -0.211. The van der Waals surface area contributed by atoms with Crippen LogP contribution in [0.3, 0.4) is 0 Å². The molecule has 0 radical (unpaired) electrons. The fourth-order valence-electron chi connectivity index (χ4n) is 3.21. The van der Waals surface area contributed by atoms with Gasteiger partial charge in [-0.05, 0) is 43.2 Å². The summed E-state index contributed by atoms with van der Waals surface area (Å²) in [5, 5.41) is 10.8. The van der Waals surface area contributed by atoms with Crippen molar-refractivity contribution in [3.8, 4) is 0 Å². The average molecular weight is 489 g/mol. The van der Waals surface area contributed by atoms with E-state index < -0.39 is 42.9 Å². The van der Waals surface area contributed by atoms with Crippen LogP contribution < -0.4 is 40.0 Å². The van der Waals surface area contributed by atoms with Crippen molar-refractivity contribution in [2.45, 2.75) is 69.4 Å². The minimum Gasteiger partial charge on any atom is -1.00 e. The predicted octanol–water partition coefficient (Wildman–Crippen LogP) is -1.68. The van der Waals surface area contributed by atoms with Gasteiger partial charge < -0.3 is 12.3 Å². The van der Waals surface area contributed by atoms with Crippen LogP contribution in [0.5, 0.6) is 0 Å². The van der Waals surface area contributed by atoms with E-state index in [1.165, 1.54) is 12.1 Å². The molecule has 12 heteroatoms. The number of sulfonamides is 1. The zero-order chi connectivity index (χ0) is 23.5. The summed E-state index contributed by atoms with van der Waals surface area (Å²) in [5.74, 6) is -1.86. The van der Waals surface area contributed by atoms with Crippen LogP contribution in [-0.2, 0) is 24.9 Å². The maximum Gasteiger partial charge on any atom is 1.00 e. The summed E-state index contributed by atoms with van der Waals surface area (Å²) in [5.41, 5.74) is 6.24. The van der Waals surface area contributed by atoms with Crippen LogP contribution in [0.1, 0.15) is 47.5 Å². The average Bonchev–Trinajstić information content (AvgIpc) is 2.57. The summed E-state index contributed by atoms with van der Waals surface area (Å²) in [6.45, 7) is 8.36. The molecule has 0 amide bonds. The van der Waals surface area contributed by atoms with Crippen molar-refractivity contribution in [1.82, 2.24) is 4.72 Å². The van der Waals surface area contributed by atoms with Crippen LogP contribution in [0.2, 0.25) is 0 Å². The van der Waals surface area contributed by atoms with Gasteiger partial charge in [0.1, 0.15) is 0 Å². The molecule has 0 bridgehead atoms. The minimum atomic E-state index is -5.37. The normalized spacial score (nSPS) is 16.5. The maximum absolute atomic E-state index is 13.2. The summed E-state index contributed by atoms with van der Waals surface area (Å²) < 4.78 is 61.7. The largest absolute Gasteiger partial charge is 1.00 e. The van der Waals surface area contributed by atoms with Gasteiger partial charge in [-0.2, -0.15) is 8.42 Å². The molecule has 1 aromatic carbocycles. The van der Waals surface area contributed by atoms with Gasteiger partial charge in [-0.3, -0.25) is 9.35 Å². The van der Waals surface area contributed by atoms with E-state index in [0.717, 1.165) is 0 Å². The molecule has 2 unspecified atom stereocenters. The van der Waals surface area contributed by atoms with Crippen molar-refractivity contribution in [2.75, 3.05) is 0 Å². The molecular weight excluding hydrogens is 455 g/mol. The molecule has 1 aromatic rings. The molecular formula is C19H33N2NaO7S2. The standard InChI is InChI=1S/C19H32N2O7S2.Na.H/c1-12(2)10-15(21-29(24,25)16-9-7-6-8-14(16)5)18(22)19(23,30(26,27)28)17(20)11-13(3)4;;/h6-9,12-13,15,17,21,23H,10-11,20H2,1-5H3,(H,26,27,28);;/q;+1;-1/t15-,17?,19?;;/m0../s1. The van der Waals surface area contributed by atoms with Crippen molar-refractivity contribution >= 4 is 25.9 Å². The summed E-state index contributed by atoms with van der Waals surface area (Å²) in [4.78, 5) is 9.72. The Balaban J connectivity index is 0. The monoisotopic (exact) mass is 488 g/mol. The Kier molecular flexibility index (Phi) is 11.5. The Bertz CT molecular complexity index is 972. The quantitative estimate of drug-likeness (QED) is 0.212. The fourth-order valence-corrected chi connectivity index (χ4v) is 5.54. The van der Waals surface area contributed by atoms with Gasteiger partial charge in [-0.1, -0.05) is 45.9 Å². The molecule has 31 heavy (non-hydrogen) atoms. The van der Waals surface area contributed by atoms with E-state index in [1.807, 2.05) is 0 Å². The second kappa shape index (κ2) is 11.7. The van der Waals surface area contributed by atoms with Crippen LogP contribution in [0.25, 0.3) is 0 Å². The van der Waals surface area contributed by atoms with E-state index in [9.17, 15) is 31.3 Å². The Labute approximate surface area is 208 Å². The van der Waals surface area contributed by atoms with E-state index >= 15 is 0 Å². The number of hydrogen-bond donors (Lipinski definition) is 4. The molecule has 0 spiro atoms. The first-order chi connectivity index (χ1) is 13.5. The van der Waals surface area contributed by atoms with E-state index in [2.05, 4.69) is 4.72 Å². The first-order valence-electron chi connectivity index (χ1n) is 9.61. The third-order valence-corrected chi connectivity index (χ3v) is 7.60. The van der Waals surface area contributed by atoms with Gasteiger partial charge in [0.05, 0.1) is 17.0 Å². The Morgan fingerprint density at radius 2 is 1.58 bits per heavy atom. The number of aliphatic hydroxyl groups is 1. The molecule has 9 nitrogen and oxygen atoms in total. The smallest absolute Gasteiger partial charge is 1.00 e. The number of hydrogen-bond acceptors (Lipinski definition) is 7. The zero-order valence-electron chi connectivity index (χ0n) is 19.9. The van der Waals surface area contributed by atoms with Crippen molar-refractivity contribution < 1.29 is 62.3 Å². The van der Waals surface area contributed by atoms with E-state index in [1.54, 1.807) is 46.8 Å². The van der Waals surface area contributed by atoms with Gasteiger partial charge in [-0.25, -0.2) is 13.1 Å². The van der Waals surface area contributed by atoms with Crippen LogP contribution in [-0.4, -0.2) is 49.3 Å². The van der Waals surface area contributed by atoms with Gasteiger partial charge >= 0.3 is 39.7 Å². The van der Waals surface area contributed by atoms with Crippen LogP contribution in [0.4, 0.5) is 0 Å². The van der Waals surface area contributed by atoms with Gasteiger partial charge in [-0.15, -0.1) is 0 Å². The number of nitrogens with two attached hydrogens (primary N) is 1. The molecule has 0 fully saturated rings. The molecule has 5 N–H and O–H groups in total. The van der Waals surface area contributed by atoms with Gasteiger partial charge in [0.2, 0.25) is 15.8 Å². The van der Waals surface area contributed by atoms with E-state index in [-0.39, 0.29) is 60.6 Å². The number of rotatable bonds is 11. The molecule has 0 saturated heterocycles. The predicted molar refractivity (Wildman–Crippen MR) is 115 cm³/mol. The second-order valence-corrected chi connectivity index (χ2v) is 11.6. The summed E-state index contributed by atoms with van der Waals surface area (Å²) in [6, 6.07) is 2.79. The molecule has 0 aliphatic carbocycles. The van der Waals surface area contributed by atoms with E-state index in [0.29, 0.717) is 5.56 Å². The van der Waals surface area contributed by atoms with Gasteiger partial charge in [0.15, 0.2) is 0 Å². The summed E-state index contributed by atoms with van der Waals surface area (Å²) in [7, 11) is -9.61. The van der Waals surface area contributed by atoms with Crippen LogP contribution in [0, 0.1) is 18.8 Å². The Morgan fingerprint density at radius 3 is 2.00 bits per heavy atom. The SMILES string of the molecule is Cc1ccccc1S(=O)(=O)N[C@@H](CC(C)C)C(=O)C(O)(C(N)CC(C)C)S(=O)(=O)O.[H-].[Na+]. The molecule has 0 heterocycles. The molecule has 0 aliphatic heterocycles. The van der Waals surface area contributed by atoms with E-state index in [4.69, 9.17) is 5.73 Å². The number of nitrogens with one attached hydrogen (secondary N) is 1. The van der Waals surface area contributed by atoms with Gasteiger partial charge in [0.25, 0.3) is 4.93 Å². The molecule has 3 atom stereocenters. The van der Waals surface area contributed by atoms with Crippen molar-refractivity contribution in [3.05, 3.63) is 29.8 Å². The first kappa shape index (κ1) is 30.6. The van der Waals surface area contributed by atoms with Gasteiger partial charge in [0, 0.05) is 0 Å². The number of ketones is 1. The molecule has 0 saturated carbocycles. The number of aryl methyl sites for hydroxylation is 1. The third-order valence-electron chi connectivity index (χ3n) is 4.68. The first-order valence-corrected chi connectivity index (χ1v) is 12.5. The maximum atomic E-state index is 13.2. The van der Waals surface area contributed by atoms with Crippen molar-refractivity contribution in [1.29, 1.82) is 0 Å². The minimum absolute atomic E-state index is 0. The molecule has 174 valence electrons. The van der Waals surface area contributed by atoms with Crippen LogP contribution >= 0.6 is 0 Å². The Hall–Kier alpha value is -0.370. The number of benzene rings is 1.